The van der Waals surface area contributed by atoms with E-state index in [9.17, 15) is 9.59 Å². The average molecular weight is 505 g/mol. The van der Waals surface area contributed by atoms with Gasteiger partial charge in [-0.1, -0.05) is 40.2 Å². The predicted molar refractivity (Wildman–Crippen MR) is 131 cm³/mol. The minimum absolute atomic E-state index is 0. The molecule has 1 fully saturated rings. The van der Waals surface area contributed by atoms with Crippen molar-refractivity contribution >= 4 is 52.2 Å². The molecule has 1 aliphatic rings. The Bertz CT molecular complexity index is 950. The van der Waals surface area contributed by atoms with Gasteiger partial charge in [0.2, 0.25) is 0 Å². The van der Waals surface area contributed by atoms with Gasteiger partial charge in [0.25, 0.3) is 0 Å². The van der Waals surface area contributed by atoms with Gasteiger partial charge < -0.3 is 9.64 Å². The summed E-state index contributed by atoms with van der Waals surface area (Å²) in [4.78, 5) is 26.8. The molecular formula is C25H27BrClNO3. The summed E-state index contributed by atoms with van der Waals surface area (Å²) in [6.07, 6.45) is 7.90. The zero-order valence-corrected chi connectivity index (χ0v) is 20.1. The molecule has 0 radical (unpaired) electrons. The Balaban J connectivity index is 0.00000341. The van der Waals surface area contributed by atoms with Crippen LogP contribution in [-0.4, -0.2) is 37.3 Å². The van der Waals surface area contributed by atoms with E-state index in [1.807, 2.05) is 56.6 Å². The summed E-state index contributed by atoms with van der Waals surface area (Å²) < 4.78 is 6.35. The van der Waals surface area contributed by atoms with Crippen molar-refractivity contribution in [1.82, 2.24) is 4.90 Å². The van der Waals surface area contributed by atoms with E-state index in [2.05, 4.69) is 20.8 Å². The van der Waals surface area contributed by atoms with Gasteiger partial charge in [0, 0.05) is 23.0 Å². The van der Waals surface area contributed by atoms with Crippen LogP contribution in [0.3, 0.4) is 0 Å². The molecule has 0 aromatic heterocycles. The fraction of sp³-hybridized carbons (Fsp3) is 0.280. The summed E-state index contributed by atoms with van der Waals surface area (Å²) >= 11 is 3.38. The molecule has 2 aromatic carbocycles. The van der Waals surface area contributed by atoms with Crippen LogP contribution < -0.4 is 4.74 Å². The number of Topliss-reactive ketones (excluding diaryl/α,β-unsaturated/α-hetero) is 1. The molecule has 1 aliphatic carbocycles. The molecule has 1 saturated carbocycles. The van der Waals surface area contributed by atoms with Gasteiger partial charge in [0.15, 0.2) is 5.78 Å². The first-order valence-corrected chi connectivity index (χ1v) is 10.8. The number of nitrogens with zero attached hydrogens (tertiary/aromatic N) is 1. The second-order valence-electron chi connectivity index (χ2n) is 7.76. The fourth-order valence-electron chi connectivity index (χ4n) is 3.54. The molecule has 0 bridgehead atoms. The van der Waals surface area contributed by atoms with Crippen LogP contribution in [0.4, 0.5) is 0 Å². The number of hydrogen-bond donors (Lipinski definition) is 0. The van der Waals surface area contributed by atoms with Gasteiger partial charge in [-0.2, -0.15) is 0 Å². The van der Waals surface area contributed by atoms with Crippen LogP contribution in [0.25, 0.3) is 12.2 Å². The van der Waals surface area contributed by atoms with Gasteiger partial charge in [-0.05, 0) is 86.5 Å². The molecule has 0 saturated heterocycles. The van der Waals surface area contributed by atoms with Crippen molar-refractivity contribution in [1.29, 1.82) is 0 Å². The van der Waals surface area contributed by atoms with Crippen molar-refractivity contribution < 1.29 is 14.3 Å². The van der Waals surface area contributed by atoms with Crippen molar-refractivity contribution in [3.8, 4) is 5.75 Å². The van der Waals surface area contributed by atoms with E-state index in [-0.39, 0.29) is 24.1 Å². The Labute approximate surface area is 198 Å². The molecular weight excluding hydrogens is 478 g/mol. The van der Waals surface area contributed by atoms with Crippen molar-refractivity contribution in [2.75, 3.05) is 20.6 Å². The smallest absolute Gasteiger partial charge is 0.336 e. The molecule has 164 valence electrons. The van der Waals surface area contributed by atoms with Crippen LogP contribution in [0, 0.1) is 5.92 Å². The zero-order chi connectivity index (χ0) is 21.5. The quantitative estimate of drug-likeness (QED) is 0.283. The van der Waals surface area contributed by atoms with Crippen LogP contribution >= 0.6 is 28.3 Å². The molecule has 3 rings (SSSR count). The van der Waals surface area contributed by atoms with Crippen molar-refractivity contribution in [3.63, 3.8) is 0 Å². The maximum absolute atomic E-state index is 12.7. The lowest BCUT2D eigenvalue weighted by Gasteiger charge is -2.25. The second kappa shape index (κ2) is 12.0. The van der Waals surface area contributed by atoms with Crippen molar-refractivity contribution in [2.45, 2.75) is 19.3 Å². The maximum Gasteiger partial charge on any atom is 0.336 e. The minimum atomic E-state index is -0.432. The summed E-state index contributed by atoms with van der Waals surface area (Å²) in [7, 11) is 4.00. The highest BCUT2D eigenvalue weighted by Gasteiger charge is 2.26. The monoisotopic (exact) mass is 503 g/mol. The van der Waals surface area contributed by atoms with Gasteiger partial charge in [-0.3, -0.25) is 4.79 Å². The number of ether oxygens (including phenoxy) is 1. The molecule has 1 atom stereocenters. The largest absolute Gasteiger partial charge is 0.423 e. The zero-order valence-electron chi connectivity index (χ0n) is 17.7. The third-order valence-corrected chi connectivity index (χ3v) is 5.52. The third-order valence-electron chi connectivity index (χ3n) is 4.99. The fourth-order valence-corrected chi connectivity index (χ4v) is 3.80. The lowest BCUT2D eigenvalue weighted by Crippen LogP contribution is -2.31. The van der Waals surface area contributed by atoms with Gasteiger partial charge >= 0.3 is 5.97 Å². The number of benzene rings is 2. The summed E-state index contributed by atoms with van der Waals surface area (Å²) in [6, 6.07) is 14.9. The first-order valence-electron chi connectivity index (χ1n) is 10.1. The van der Waals surface area contributed by atoms with E-state index >= 15 is 0 Å². The van der Waals surface area contributed by atoms with Crippen LogP contribution in [0.1, 0.15) is 30.4 Å². The van der Waals surface area contributed by atoms with Gasteiger partial charge in [0.05, 0.1) is 0 Å². The first kappa shape index (κ1) is 25.1. The van der Waals surface area contributed by atoms with E-state index in [4.69, 9.17) is 4.74 Å². The van der Waals surface area contributed by atoms with Crippen LogP contribution in [-0.2, 0) is 9.59 Å². The van der Waals surface area contributed by atoms with Gasteiger partial charge in [-0.25, -0.2) is 4.79 Å². The summed E-state index contributed by atoms with van der Waals surface area (Å²) in [6.45, 7) is 0.791. The topological polar surface area (TPSA) is 46.6 Å². The molecule has 0 aliphatic heterocycles. The Kier molecular flexibility index (Phi) is 9.69. The number of carbonyl (C=O) groups excluding carboxylic acids is 2. The van der Waals surface area contributed by atoms with E-state index in [1.54, 1.807) is 18.2 Å². The lowest BCUT2D eigenvalue weighted by molar-refractivity contribution is -0.129. The number of carbonyl (C=O) groups is 2. The summed E-state index contributed by atoms with van der Waals surface area (Å²) in [5.41, 5.74) is 2.74. The minimum Gasteiger partial charge on any atom is -0.423 e. The average Bonchev–Trinajstić information content (AvgIpc) is 2.72. The highest BCUT2D eigenvalue weighted by molar-refractivity contribution is 9.10. The number of hydrogen-bond acceptors (Lipinski definition) is 4. The molecule has 31 heavy (non-hydrogen) atoms. The van der Waals surface area contributed by atoms with E-state index in [0.29, 0.717) is 5.75 Å². The summed E-state index contributed by atoms with van der Waals surface area (Å²) in [5, 5.41) is 0. The Morgan fingerprint density at radius 1 is 1.10 bits per heavy atom. The van der Waals surface area contributed by atoms with Crippen LogP contribution in [0.2, 0.25) is 0 Å². The maximum atomic E-state index is 12.7. The second-order valence-corrected chi connectivity index (χ2v) is 8.68. The number of rotatable bonds is 6. The standard InChI is InChI=1S/C25H26BrNO3.ClH/c1-27(2)17-21-5-3-4-20(25(21)29)16-19-8-13-23(14-9-19)30-24(28)15-10-18-6-11-22(26)12-7-18;/h6-16,21H,3-5,17H2,1-2H3;1H/b15-10+,20-16+;. The molecule has 4 nitrogen and oxygen atoms in total. The SMILES string of the molecule is CN(C)CC1CCC/C(=C\c2ccc(OC(=O)/C=C/c3ccc(Br)cc3)cc2)C1=O.Cl. The highest BCUT2D eigenvalue weighted by atomic mass is 79.9. The van der Waals surface area contributed by atoms with E-state index < -0.39 is 5.97 Å². The Morgan fingerprint density at radius 2 is 1.74 bits per heavy atom. The van der Waals surface area contributed by atoms with Crippen LogP contribution in [0.5, 0.6) is 5.75 Å². The normalized spacial score (nSPS) is 17.7. The first-order chi connectivity index (χ1) is 14.4. The predicted octanol–water partition coefficient (Wildman–Crippen LogP) is 5.80. The molecule has 2 aromatic rings. The number of halogens is 2. The summed E-state index contributed by atoms with van der Waals surface area (Å²) in [5.74, 6) is 0.377. The Morgan fingerprint density at radius 3 is 2.39 bits per heavy atom. The van der Waals surface area contributed by atoms with E-state index in [0.717, 1.165) is 47.0 Å². The van der Waals surface area contributed by atoms with Crippen molar-refractivity contribution in [3.05, 3.63) is 75.8 Å². The molecule has 0 amide bonds. The third kappa shape index (κ3) is 7.76. The molecule has 0 heterocycles. The van der Waals surface area contributed by atoms with Crippen molar-refractivity contribution in [2.24, 2.45) is 5.92 Å². The molecule has 0 spiro atoms. The number of esters is 1. The Hall–Kier alpha value is -2.21. The molecule has 6 heteroatoms. The number of allylic oxidation sites excluding steroid dienone is 1. The van der Waals surface area contributed by atoms with Crippen LogP contribution in [0.15, 0.2) is 64.7 Å². The van der Waals surface area contributed by atoms with Gasteiger partial charge in [0.1, 0.15) is 5.75 Å². The highest BCUT2D eigenvalue weighted by Crippen LogP contribution is 2.27. The lowest BCUT2D eigenvalue weighted by atomic mass is 9.83. The van der Waals surface area contributed by atoms with Gasteiger partial charge in [-0.15, -0.1) is 12.4 Å². The number of ketones is 1. The molecule has 1 unspecified atom stereocenters. The van der Waals surface area contributed by atoms with E-state index in [1.165, 1.54) is 6.08 Å². The molecule has 0 N–H and O–H groups in total.